The molecular weight excluding hydrogens is 311 g/mol. The number of hydrogen-bond acceptors (Lipinski definition) is 3. The summed E-state index contributed by atoms with van der Waals surface area (Å²) in [5, 5.41) is 5.59. The molecule has 2 N–H and O–H groups in total. The summed E-state index contributed by atoms with van der Waals surface area (Å²) < 4.78 is 25.0. The van der Waals surface area contributed by atoms with Crippen molar-refractivity contribution in [1.82, 2.24) is 10.6 Å². The van der Waals surface area contributed by atoms with Gasteiger partial charge in [-0.1, -0.05) is 24.6 Å². The molecule has 2 aliphatic rings. The van der Waals surface area contributed by atoms with Crippen molar-refractivity contribution in [3.63, 3.8) is 0 Å². The molecule has 2 atom stereocenters. The van der Waals surface area contributed by atoms with Crippen molar-refractivity contribution >= 4 is 6.03 Å². The van der Waals surface area contributed by atoms with Gasteiger partial charge in [0.25, 0.3) is 0 Å². The van der Waals surface area contributed by atoms with E-state index in [-0.39, 0.29) is 30.5 Å². The number of benzene rings is 1. The number of carbonyl (C=O) groups excluding carboxylic acids is 1. The maximum absolute atomic E-state index is 13.6. The van der Waals surface area contributed by atoms with Gasteiger partial charge in [0.05, 0.1) is 18.8 Å². The SMILES string of the molecule is O=C(NCc1ccccc1F)N[C@@H]1COCC[C@@H]1OCC1CCC1. The number of amides is 2. The van der Waals surface area contributed by atoms with Crippen molar-refractivity contribution in [2.75, 3.05) is 19.8 Å². The Labute approximate surface area is 141 Å². The smallest absolute Gasteiger partial charge is 0.315 e. The van der Waals surface area contributed by atoms with Gasteiger partial charge in [-0.25, -0.2) is 9.18 Å². The molecule has 24 heavy (non-hydrogen) atoms. The fourth-order valence-electron chi connectivity index (χ4n) is 3.01. The molecule has 1 aromatic carbocycles. The highest BCUT2D eigenvalue weighted by Gasteiger charge is 2.29. The van der Waals surface area contributed by atoms with Gasteiger partial charge in [-0.15, -0.1) is 0 Å². The summed E-state index contributed by atoms with van der Waals surface area (Å²) >= 11 is 0. The molecule has 2 amide bonds. The van der Waals surface area contributed by atoms with Gasteiger partial charge in [-0.2, -0.15) is 0 Å². The summed E-state index contributed by atoms with van der Waals surface area (Å²) in [6, 6.07) is 5.92. The van der Waals surface area contributed by atoms with E-state index in [0.29, 0.717) is 24.7 Å². The summed E-state index contributed by atoms with van der Waals surface area (Å²) in [5.74, 6) is 0.351. The fraction of sp³-hybridized carbons (Fsp3) is 0.611. The van der Waals surface area contributed by atoms with Crippen LogP contribution in [0.5, 0.6) is 0 Å². The molecule has 5 nitrogen and oxygen atoms in total. The Morgan fingerprint density at radius 3 is 2.88 bits per heavy atom. The maximum atomic E-state index is 13.6. The topological polar surface area (TPSA) is 59.6 Å². The monoisotopic (exact) mass is 336 g/mol. The molecule has 3 rings (SSSR count). The van der Waals surface area contributed by atoms with E-state index < -0.39 is 0 Å². The van der Waals surface area contributed by atoms with Gasteiger partial charge in [-0.3, -0.25) is 0 Å². The number of hydrogen-bond donors (Lipinski definition) is 2. The second-order valence-corrected chi connectivity index (χ2v) is 6.56. The Kier molecular flexibility index (Phi) is 6.04. The Morgan fingerprint density at radius 1 is 1.29 bits per heavy atom. The third kappa shape index (κ3) is 4.68. The zero-order valence-electron chi connectivity index (χ0n) is 13.8. The van der Waals surface area contributed by atoms with Gasteiger partial charge in [-0.05, 0) is 31.2 Å². The molecule has 6 heteroatoms. The highest BCUT2D eigenvalue weighted by Crippen LogP contribution is 2.27. The summed E-state index contributed by atoms with van der Waals surface area (Å²) in [4.78, 5) is 12.1. The predicted octanol–water partition coefficient (Wildman–Crippen LogP) is 2.60. The molecule has 0 spiro atoms. The van der Waals surface area contributed by atoms with Gasteiger partial charge in [0, 0.05) is 25.3 Å². The Bertz CT molecular complexity index is 551. The fourth-order valence-corrected chi connectivity index (χ4v) is 3.01. The van der Waals surface area contributed by atoms with Crippen LogP contribution in [0.4, 0.5) is 9.18 Å². The first kappa shape index (κ1) is 17.2. The maximum Gasteiger partial charge on any atom is 0.315 e. The van der Waals surface area contributed by atoms with Crippen LogP contribution in [0, 0.1) is 11.7 Å². The third-order valence-corrected chi connectivity index (χ3v) is 4.78. The van der Waals surface area contributed by atoms with Crippen LogP contribution in [0.3, 0.4) is 0 Å². The quantitative estimate of drug-likeness (QED) is 0.839. The molecule has 0 unspecified atom stereocenters. The minimum Gasteiger partial charge on any atom is -0.379 e. The van der Waals surface area contributed by atoms with Crippen LogP contribution < -0.4 is 10.6 Å². The Balaban J connectivity index is 1.45. The molecule has 1 saturated carbocycles. The second-order valence-electron chi connectivity index (χ2n) is 6.56. The Hall–Kier alpha value is -1.66. The number of urea groups is 1. The van der Waals surface area contributed by atoms with Crippen LogP contribution >= 0.6 is 0 Å². The number of carbonyl (C=O) groups is 1. The summed E-state index contributed by atoms with van der Waals surface area (Å²) in [6.07, 6.45) is 4.54. The molecule has 0 radical (unpaired) electrons. The molecular formula is C18H25FN2O3. The van der Waals surface area contributed by atoms with Gasteiger partial charge in [0.2, 0.25) is 0 Å². The molecule has 0 aromatic heterocycles. The van der Waals surface area contributed by atoms with E-state index in [4.69, 9.17) is 9.47 Å². The van der Waals surface area contributed by atoms with Crippen molar-refractivity contribution < 1.29 is 18.7 Å². The van der Waals surface area contributed by atoms with Crippen molar-refractivity contribution in [3.8, 4) is 0 Å². The number of nitrogens with one attached hydrogen (secondary N) is 2. The van der Waals surface area contributed by atoms with E-state index in [1.807, 2.05) is 0 Å². The van der Waals surface area contributed by atoms with Crippen LogP contribution in [0.2, 0.25) is 0 Å². The highest BCUT2D eigenvalue weighted by molar-refractivity contribution is 5.74. The van der Waals surface area contributed by atoms with Gasteiger partial charge in [0.1, 0.15) is 5.82 Å². The second kappa shape index (κ2) is 8.44. The zero-order valence-corrected chi connectivity index (χ0v) is 13.8. The molecule has 132 valence electrons. The standard InChI is InChI=1S/C18H25FN2O3/c19-15-7-2-1-6-14(15)10-20-18(22)21-16-12-23-9-8-17(16)24-11-13-4-3-5-13/h1-2,6-7,13,16-17H,3-5,8-12H2,(H2,20,21,22)/t16-,17+/m1/s1. The van der Waals surface area contributed by atoms with Crippen LogP contribution in [0.25, 0.3) is 0 Å². The average Bonchev–Trinajstić information content (AvgIpc) is 2.54. The zero-order chi connectivity index (χ0) is 16.8. The summed E-state index contributed by atoms with van der Waals surface area (Å²) in [6.45, 7) is 2.02. The lowest BCUT2D eigenvalue weighted by Crippen LogP contribution is -2.53. The molecule has 0 bridgehead atoms. The number of ether oxygens (including phenoxy) is 2. The lowest BCUT2D eigenvalue weighted by Gasteiger charge is -2.34. The predicted molar refractivity (Wildman–Crippen MR) is 88.1 cm³/mol. The van der Waals surface area contributed by atoms with Crippen molar-refractivity contribution in [2.24, 2.45) is 5.92 Å². The van der Waals surface area contributed by atoms with Crippen molar-refractivity contribution in [2.45, 2.75) is 44.4 Å². The number of rotatable bonds is 6. The van der Waals surface area contributed by atoms with E-state index in [0.717, 1.165) is 13.0 Å². The van der Waals surface area contributed by atoms with Crippen LogP contribution in [-0.2, 0) is 16.0 Å². The van der Waals surface area contributed by atoms with Crippen molar-refractivity contribution in [3.05, 3.63) is 35.6 Å². The van der Waals surface area contributed by atoms with E-state index in [9.17, 15) is 9.18 Å². The molecule has 1 saturated heterocycles. The van der Waals surface area contributed by atoms with E-state index in [1.54, 1.807) is 18.2 Å². The highest BCUT2D eigenvalue weighted by atomic mass is 19.1. The average molecular weight is 336 g/mol. The van der Waals surface area contributed by atoms with Crippen LogP contribution in [-0.4, -0.2) is 38.0 Å². The van der Waals surface area contributed by atoms with Crippen molar-refractivity contribution in [1.29, 1.82) is 0 Å². The normalized spacial score (nSPS) is 24.2. The minimum absolute atomic E-state index is 0.0152. The van der Waals surface area contributed by atoms with E-state index in [2.05, 4.69) is 10.6 Å². The van der Waals surface area contributed by atoms with E-state index in [1.165, 1.54) is 25.3 Å². The number of halogens is 1. The first-order valence-corrected chi connectivity index (χ1v) is 8.69. The molecule has 1 heterocycles. The Morgan fingerprint density at radius 2 is 2.12 bits per heavy atom. The minimum atomic E-state index is -0.328. The summed E-state index contributed by atoms with van der Waals surface area (Å²) in [5.41, 5.74) is 0.463. The van der Waals surface area contributed by atoms with Crippen LogP contribution in [0.1, 0.15) is 31.2 Å². The molecule has 1 aromatic rings. The summed E-state index contributed by atoms with van der Waals surface area (Å²) in [7, 11) is 0. The largest absolute Gasteiger partial charge is 0.379 e. The lowest BCUT2D eigenvalue weighted by molar-refractivity contribution is -0.0689. The molecule has 2 fully saturated rings. The first-order valence-electron chi connectivity index (χ1n) is 8.69. The lowest BCUT2D eigenvalue weighted by atomic mass is 9.86. The third-order valence-electron chi connectivity index (χ3n) is 4.78. The van der Waals surface area contributed by atoms with E-state index >= 15 is 0 Å². The van der Waals surface area contributed by atoms with Gasteiger partial charge >= 0.3 is 6.03 Å². The molecule has 1 aliphatic heterocycles. The first-order chi connectivity index (χ1) is 11.7. The van der Waals surface area contributed by atoms with Gasteiger partial charge < -0.3 is 20.1 Å². The van der Waals surface area contributed by atoms with Gasteiger partial charge in [0.15, 0.2) is 0 Å². The molecule has 1 aliphatic carbocycles. The van der Waals surface area contributed by atoms with Crippen LogP contribution in [0.15, 0.2) is 24.3 Å².